The average Bonchev–Trinajstić information content (AvgIpc) is 2.91. The molecule has 1 heterocycles. The van der Waals surface area contributed by atoms with E-state index in [2.05, 4.69) is 9.73 Å². The van der Waals surface area contributed by atoms with Gasteiger partial charge in [-0.3, -0.25) is 0 Å². The summed E-state index contributed by atoms with van der Waals surface area (Å²) in [6.45, 7) is -0.917. The number of carbonyl (C=O) groups is 1. The number of ether oxygens (including phenoxy) is 2. The molecule has 0 aromatic heterocycles. The lowest BCUT2D eigenvalue weighted by atomic mass is 10.1. The number of esters is 1. The van der Waals surface area contributed by atoms with Crippen molar-refractivity contribution in [1.29, 1.82) is 0 Å². The van der Waals surface area contributed by atoms with Gasteiger partial charge in [-0.2, -0.15) is 8.78 Å². The van der Waals surface area contributed by atoms with E-state index in [4.69, 9.17) is 4.74 Å². The Morgan fingerprint density at radius 1 is 1.08 bits per heavy atom. The van der Waals surface area contributed by atoms with E-state index in [9.17, 15) is 13.6 Å². The molecule has 1 aliphatic rings. The smallest absolute Gasteiger partial charge is 0.387 e. The van der Waals surface area contributed by atoms with Crippen LogP contribution in [0.25, 0.3) is 6.08 Å². The van der Waals surface area contributed by atoms with Crippen LogP contribution in [0.3, 0.4) is 0 Å². The molecule has 0 saturated heterocycles. The average molecular weight is 329 g/mol. The van der Waals surface area contributed by atoms with E-state index in [1.165, 1.54) is 24.3 Å². The van der Waals surface area contributed by atoms with Gasteiger partial charge in [-0.15, -0.1) is 0 Å². The van der Waals surface area contributed by atoms with E-state index in [1.807, 2.05) is 31.2 Å². The highest BCUT2D eigenvalue weighted by Crippen LogP contribution is 2.21. The zero-order valence-electron chi connectivity index (χ0n) is 12.7. The van der Waals surface area contributed by atoms with E-state index in [0.717, 1.165) is 11.1 Å². The maximum Gasteiger partial charge on any atom is 0.387 e. The maximum absolute atomic E-state index is 12.1. The van der Waals surface area contributed by atoms with Crippen LogP contribution < -0.4 is 4.74 Å². The Morgan fingerprint density at radius 3 is 2.38 bits per heavy atom. The molecule has 4 nitrogen and oxygen atoms in total. The Labute approximate surface area is 137 Å². The first-order valence-corrected chi connectivity index (χ1v) is 7.16. The van der Waals surface area contributed by atoms with E-state index >= 15 is 0 Å². The maximum atomic E-state index is 12.1. The Balaban J connectivity index is 1.82. The topological polar surface area (TPSA) is 47.9 Å². The van der Waals surface area contributed by atoms with Gasteiger partial charge >= 0.3 is 12.6 Å². The van der Waals surface area contributed by atoms with Gasteiger partial charge in [-0.25, -0.2) is 9.79 Å². The molecule has 0 saturated carbocycles. The van der Waals surface area contributed by atoms with Crippen LogP contribution in [0.4, 0.5) is 8.78 Å². The van der Waals surface area contributed by atoms with Gasteiger partial charge in [0.1, 0.15) is 5.75 Å². The number of halogens is 2. The molecule has 3 rings (SSSR count). The van der Waals surface area contributed by atoms with Gasteiger partial charge in [0.15, 0.2) is 5.70 Å². The number of benzene rings is 2. The number of hydrogen-bond acceptors (Lipinski definition) is 4. The lowest BCUT2D eigenvalue weighted by molar-refractivity contribution is -0.129. The van der Waals surface area contributed by atoms with Gasteiger partial charge < -0.3 is 9.47 Å². The van der Waals surface area contributed by atoms with Crippen LogP contribution in [0.1, 0.15) is 16.7 Å². The molecule has 0 atom stereocenters. The van der Waals surface area contributed by atoms with Gasteiger partial charge in [0, 0.05) is 5.56 Å². The zero-order chi connectivity index (χ0) is 17.1. The van der Waals surface area contributed by atoms with Crippen molar-refractivity contribution < 1.29 is 23.0 Å². The Morgan fingerprint density at radius 2 is 1.75 bits per heavy atom. The van der Waals surface area contributed by atoms with Crippen molar-refractivity contribution in [2.45, 2.75) is 13.5 Å². The van der Waals surface area contributed by atoms with Crippen molar-refractivity contribution in [3.8, 4) is 5.75 Å². The standard InChI is InChI=1S/C18H13F2NO3/c1-11-2-4-12(5-3-11)10-15-17(22)24-16(21-15)13-6-8-14(9-7-13)23-18(19)20/h2-10,18H,1H3/b15-10-. The molecule has 0 amide bonds. The monoisotopic (exact) mass is 329 g/mol. The predicted octanol–water partition coefficient (Wildman–Crippen LogP) is 3.94. The first kappa shape index (κ1) is 15.9. The molecule has 24 heavy (non-hydrogen) atoms. The minimum Gasteiger partial charge on any atom is -0.435 e. The second-order valence-corrected chi connectivity index (χ2v) is 5.15. The van der Waals surface area contributed by atoms with Crippen molar-refractivity contribution in [1.82, 2.24) is 0 Å². The first-order valence-electron chi connectivity index (χ1n) is 7.16. The van der Waals surface area contributed by atoms with Gasteiger partial charge in [0.25, 0.3) is 0 Å². The van der Waals surface area contributed by atoms with Crippen molar-refractivity contribution in [2.75, 3.05) is 0 Å². The molecule has 0 fully saturated rings. The predicted molar refractivity (Wildman–Crippen MR) is 84.9 cm³/mol. The second kappa shape index (κ2) is 6.62. The molecule has 2 aromatic carbocycles. The molecule has 6 heteroatoms. The van der Waals surface area contributed by atoms with E-state index in [0.29, 0.717) is 5.56 Å². The van der Waals surface area contributed by atoms with Crippen LogP contribution in [0, 0.1) is 6.92 Å². The summed E-state index contributed by atoms with van der Waals surface area (Å²) in [7, 11) is 0. The highest BCUT2D eigenvalue weighted by Gasteiger charge is 2.24. The lowest BCUT2D eigenvalue weighted by Crippen LogP contribution is -2.06. The summed E-state index contributed by atoms with van der Waals surface area (Å²) in [4.78, 5) is 16.1. The summed E-state index contributed by atoms with van der Waals surface area (Å²) in [6, 6.07) is 13.3. The first-order chi connectivity index (χ1) is 11.5. The molecule has 0 radical (unpaired) electrons. The fourth-order valence-electron chi connectivity index (χ4n) is 2.13. The van der Waals surface area contributed by atoms with E-state index in [-0.39, 0.29) is 17.3 Å². The van der Waals surface area contributed by atoms with Crippen molar-refractivity contribution in [3.05, 3.63) is 70.9 Å². The minimum atomic E-state index is -2.89. The molecular formula is C18H13F2NO3. The summed E-state index contributed by atoms with van der Waals surface area (Å²) >= 11 is 0. The minimum absolute atomic E-state index is 0.0223. The van der Waals surface area contributed by atoms with Crippen LogP contribution >= 0.6 is 0 Å². The SMILES string of the molecule is Cc1ccc(/C=C2\N=C(c3ccc(OC(F)F)cc3)OC2=O)cc1. The Kier molecular flexibility index (Phi) is 4.37. The molecule has 0 bridgehead atoms. The number of alkyl halides is 2. The molecule has 0 unspecified atom stereocenters. The van der Waals surface area contributed by atoms with Crippen LogP contribution in [-0.4, -0.2) is 18.5 Å². The largest absolute Gasteiger partial charge is 0.435 e. The molecule has 0 N–H and O–H groups in total. The van der Waals surface area contributed by atoms with Crippen LogP contribution in [0.5, 0.6) is 5.75 Å². The van der Waals surface area contributed by atoms with E-state index < -0.39 is 12.6 Å². The number of hydrogen-bond donors (Lipinski definition) is 0. The number of aryl methyl sites for hydroxylation is 1. The molecule has 2 aromatic rings. The summed E-state index contributed by atoms with van der Waals surface area (Å²) in [6.07, 6.45) is 1.63. The summed E-state index contributed by atoms with van der Waals surface area (Å²) in [5, 5.41) is 0. The molecule has 0 aliphatic carbocycles. The molecule has 1 aliphatic heterocycles. The van der Waals surface area contributed by atoms with Gasteiger partial charge in [-0.05, 0) is 42.8 Å². The zero-order valence-corrected chi connectivity index (χ0v) is 12.7. The summed E-state index contributed by atoms with van der Waals surface area (Å²) in [5.74, 6) is -0.408. The molecular weight excluding hydrogens is 316 g/mol. The number of nitrogens with zero attached hydrogens (tertiary/aromatic N) is 1. The molecule has 0 spiro atoms. The third-order valence-electron chi connectivity index (χ3n) is 3.33. The van der Waals surface area contributed by atoms with Crippen LogP contribution in [0.15, 0.2) is 59.2 Å². The van der Waals surface area contributed by atoms with Crippen molar-refractivity contribution in [3.63, 3.8) is 0 Å². The number of carbonyl (C=O) groups excluding carboxylic acids is 1. The summed E-state index contributed by atoms with van der Waals surface area (Å²) < 4.78 is 33.7. The van der Waals surface area contributed by atoms with Crippen molar-refractivity contribution in [2.24, 2.45) is 4.99 Å². The third kappa shape index (κ3) is 3.65. The quantitative estimate of drug-likeness (QED) is 0.630. The van der Waals surface area contributed by atoms with Crippen LogP contribution in [-0.2, 0) is 9.53 Å². The second-order valence-electron chi connectivity index (χ2n) is 5.15. The van der Waals surface area contributed by atoms with Crippen LogP contribution in [0.2, 0.25) is 0 Å². The number of cyclic esters (lactones) is 1. The normalized spacial score (nSPS) is 15.6. The third-order valence-corrected chi connectivity index (χ3v) is 3.33. The molecule has 122 valence electrons. The van der Waals surface area contributed by atoms with Gasteiger partial charge in [0.05, 0.1) is 0 Å². The number of aliphatic imine (C=N–C) groups is 1. The van der Waals surface area contributed by atoms with Gasteiger partial charge in [-0.1, -0.05) is 29.8 Å². The lowest BCUT2D eigenvalue weighted by Gasteiger charge is -2.04. The fraction of sp³-hybridized carbons (Fsp3) is 0.111. The van der Waals surface area contributed by atoms with E-state index in [1.54, 1.807) is 6.08 Å². The number of rotatable bonds is 4. The Bertz CT molecular complexity index is 809. The summed E-state index contributed by atoms with van der Waals surface area (Å²) in [5.41, 5.74) is 2.62. The highest BCUT2D eigenvalue weighted by molar-refractivity contribution is 6.12. The Hall–Kier alpha value is -3.02. The fourth-order valence-corrected chi connectivity index (χ4v) is 2.13. The van der Waals surface area contributed by atoms with Gasteiger partial charge in [0.2, 0.25) is 5.90 Å². The van der Waals surface area contributed by atoms with Crippen molar-refractivity contribution >= 4 is 17.9 Å². The highest BCUT2D eigenvalue weighted by atomic mass is 19.3.